The van der Waals surface area contributed by atoms with E-state index in [9.17, 15) is 9.59 Å². The van der Waals surface area contributed by atoms with E-state index >= 15 is 0 Å². The summed E-state index contributed by atoms with van der Waals surface area (Å²) in [6.45, 7) is 15.1. The first-order valence-electron chi connectivity index (χ1n) is 15.0. The molecule has 4 aliphatic rings. The number of esters is 1. The second kappa shape index (κ2) is 10.4. The Morgan fingerprint density at radius 3 is 2.42 bits per heavy atom. The van der Waals surface area contributed by atoms with E-state index in [1.807, 2.05) is 0 Å². The number of aliphatic carboxylic acids is 1. The Morgan fingerprint density at radius 2 is 1.72 bits per heavy atom. The van der Waals surface area contributed by atoms with Crippen molar-refractivity contribution < 1.29 is 19.4 Å². The molecular weight excluding hydrogens is 448 g/mol. The van der Waals surface area contributed by atoms with Gasteiger partial charge in [0.2, 0.25) is 0 Å². The fraction of sp³-hybridized carbons (Fsp3) is 0.875. The van der Waals surface area contributed by atoms with E-state index in [0.717, 1.165) is 48.9 Å². The average molecular weight is 501 g/mol. The van der Waals surface area contributed by atoms with Crippen LogP contribution in [0.2, 0.25) is 0 Å². The molecule has 0 heterocycles. The predicted molar refractivity (Wildman–Crippen MR) is 144 cm³/mol. The van der Waals surface area contributed by atoms with Gasteiger partial charge < -0.3 is 9.84 Å². The van der Waals surface area contributed by atoms with Crippen LogP contribution in [0.1, 0.15) is 125 Å². The van der Waals surface area contributed by atoms with Gasteiger partial charge in [0.1, 0.15) is 6.10 Å². The van der Waals surface area contributed by atoms with E-state index in [1.165, 1.54) is 56.9 Å². The van der Waals surface area contributed by atoms with Gasteiger partial charge in [-0.1, -0.05) is 72.5 Å². The summed E-state index contributed by atoms with van der Waals surface area (Å²) in [7, 11) is 0. The molecule has 3 fully saturated rings. The van der Waals surface area contributed by atoms with Gasteiger partial charge in [-0.2, -0.15) is 0 Å². The standard InChI is InChI=1S/C32H52O4/c1-21(2)8-7-9-22(3)31(5)18-16-27-25-11-10-23-20-24(36-29(35)13-12-28(33)34)14-17-30(23,4)26(25)15-19-32(27,31)6/h10,21-22,24-27H,7-9,11-20H2,1-6H3,(H,33,34). The van der Waals surface area contributed by atoms with Crippen molar-refractivity contribution in [3.05, 3.63) is 11.6 Å². The molecule has 4 heteroatoms. The molecule has 0 aliphatic heterocycles. The molecule has 36 heavy (non-hydrogen) atoms. The Balaban J connectivity index is 1.44. The van der Waals surface area contributed by atoms with E-state index < -0.39 is 5.97 Å². The molecule has 204 valence electrons. The number of hydrogen-bond donors (Lipinski definition) is 1. The molecule has 0 amide bonds. The van der Waals surface area contributed by atoms with Crippen LogP contribution in [-0.2, 0) is 14.3 Å². The monoisotopic (exact) mass is 500 g/mol. The van der Waals surface area contributed by atoms with Gasteiger partial charge >= 0.3 is 11.9 Å². The Labute approximate surface area is 220 Å². The number of carbonyl (C=O) groups excluding carboxylic acids is 1. The summed E-state index contributed by atoms with van der Waals surface area (Å²) in [6.07, 6.45) is 15.9. The van der Waals surface area contributed by atoms with Gasteiger partial charge in [0, 0.05) is 6.42 Å². The fourth-order valence-corrected chi connectivity index (χ4v) is 9.44. The molecule has 0 radical (unpaired) electrons. The van der Waals surface area contributed by atoms with Crippen molar-refractivity contribution in [1.29, 1.82) is 0 Å². The number of hydrogen-bond acceptors (Lipinski definition) is 3. The highest BCUT2D eigenvalue weighted by Gasteiger charge is 2.63. The number of allylic oxidation sites excluding steroid dienone is 1. The molecule has 0 aromatic carbocycles. The van der Waals surface area contributed by atoms with Crippen LogP contribution >= 0.6 is 0 Å². The summed E-state index contributed by atoms with van der Waals surface area (Å²) in [5.41, 5.74) is 2.64. The number of fused-ring (bicyclic) bond motifs is 5. The summed E-state index contributed by atoms with van der Waals surface area (Å²) in [5.74, 6) is 2.66. The molecule has 0 aromatic heterocycles. The minimum atomic E-state index is -0.943. The van der Waals surface area contributed by atoms with E-state index in [1.54, 1.807) is 0 Å². The maximum absolute atomic E-state index is 12.2. The summed E-state index contributed by atoms with van der Waals surface area (Å²) < 4.78 is 5.71. The van der Waals surface area contributed by atoms with E-state index in [4.69, 9.17) is 9.84 Å². The van der Waals surface area contributed by atoms with Crippen LogP contribution in [0.5, 0.6) is 0 Å². The third-order valence-corrected chi connectivity index (χ3v) is 12.1. The van der Waals surface area contributed by atoms with Crippen LogP contribution in [0.3, 0.4) is 0 Å². The Hall–Kier alpha value is -1.32. The van der Waals surface area contributed by atoms with Crippen LogP contribution in [-0.4, -0.2) is 23.1 Å². The molecule has 3 saturated carbocycles. The lowest BCUT2D eigenvalue weighted by Crippen LogP contribution is -2.53. The molecule has 8 atom stereocenters. The molecule has 0 spiro atoms. The van der Waals surface area contributed by atoms with Crippen molar-refractivity contribution >= 4 is 11.9 Å². The van der Waals surface area contributed by atoms with Gasteiger partial charge in [0.05, 0.1) is 12.8 Å². The van der Waals surface area contributed by atoms with Gasteiger partial charge in [0.15, 0.2) is 0 Å². The Kier molecular flexibility index (Phi) is 8.04. The highest BCUT2D eigenvalue weighted by Crippen LogP contribution is 2.71. The molecule has 8 unspecified atom stereocenters. The third kappa shape index (κ3) is 4.92. The van der Waals surface area contributed by atoms with Gasteiger partial charge in [-0.3, -0.25) is 9.59 Å². The van der Waals surface area contributed by atoms with E-state index in [0.29, 0.717) is 10.8 Å². The van der Waals surface area contributed by atoms with Crippen molar-refractivity contribution in [3.8, 4) is 0 Å². The second-order valence-corrected chi connectivity index (χ2v) is 14.1. The highest BCUT2D eigenvalue weighted by molar-refractivity contribution is 5.76. The maximum Gasteiger partial charge on any atom is 0.306 e. The van der Waals surface area contributed by atoms with Gasteiger partial charge in [-0.15, -0.1) is 0 Å². The average Bonchev–Trinajstić information content (AvgIpc) is 3.09. The highest BCUT2D eigenvalue weighted by atomic mass is 16.5. The molecule has 0 aromatic rings. The molecule has 4 aliphatic carbocycles. The Bertz CT molecular complexity index is 860. The lowest BCUT2D eigenvalue weighted by molar-refractivity contribution is -0.154. The van der Waals surface area contributed by atoms with Crippen molar-refractivity contribution in [2.75, 3.05) is 0 Å². The van der Waals surface area contributed by atoms with Crippen LogP contribution in [0, 0.1) is 45.8 Å². The van der Waals surface area contributed by atoms with Crippen LogP contribution in [0.15, 0.2) is 11.6 Å². The van der Waals surface area contributed by atoms with Gasteiger partial charge in [0.25, 0.3) is 0 Å². The summed E-state index contributed by atoms with van der Waals surface area (Å²) >= 11 is 0. The first-order chi connectivity index (χ1) is 16.9. The number of carbonyl (C=O) groups is 2. The fourth-order valence-electron chi connectivity index (χ4n) is 9.44. The van der Waals surface area contributed by atoms with Crippen molar-refractivity contribution in [2.45, 2.75) is 131 Å². The predicted octanol–water partition coefficient (Wildman–Crippen LogP) is 8.19. The third-order valence-electron chi connectivity index (χ3n) is 12.1. The SMILES string of the molecule is CC(C)CCCC(C)C1(C)CCC2C3CC=C4CC(OC(=O)CCC(=O)O)CCC4(C)C3CCC21C. The molecule has 1 N–H and O–H groups in total. The normalized spacial score (nSPS) is 40.6. The zero-order valence-corrected chi connectivity index (χ0v) is 23.9. The lowest BCUT2D eigenvalue weighted by Gasteiger charge is -2.60. The topological polar surface area (TPSA) is 63.6 Å². The number of carboxylic acids is 1. The summed E-state index contributed by atoms with van der Waals surface area (Å²) in [5, 5.41) is 8.85. The molecule has 4 nitrogen and oxygen atoms in total. The first-order valence-corrected chi connectivity index (χ1v) is 15.0. The zero-order chi connectivity index (χ0) is 26.3. The summed E-state index contributed by atoms with van der Waals surface area (Å²) in [4.78, 5) is 22.9. The quantitative estimate of drug-likeness (QED) is 0.256. The van der Waals surface area contributed by atoms with Crippen LogP contribution < -0.4 is 0 Å². The van der Waals surface area contributed by atoms with Gasteiger partial charge in [-0.25, -0.2) is 0 Å². The number of ether oxygens (including phenoxy) is 1. The largest absolute Gasteiger partial charge is 0.481 e. The van der Waals surface area contributed by atoms with Crippen LogP contribution in [0.25, 0.3) is 0 Å². The minimum Gasteiger partial charge on any atom is -0.481 e. The second-order valence-electron chi connectivity index (χ2n) is 14.1. The summed E-state index contributed by atoms with van der Waals surface area (Å²) in [6, 6.07) is 0. The smallest absolute Gasteiger partial charge is 0.306 e. The molecule has 0 bridgehead atoms. The minimum absolute atomic E-state index is 0.0260. The molecule has 4 rings (SSSR count). The number of carboxylic acid groups (broad SMARTS) is 1. The van der Waals surface area contributed by atoms with Gasteiger partial charge in [-0.05, 0) is 90.8 Å². The molecule has 0 saturated heterocycles. The van der Waals surface area contributed by atoms with Crippen molar-refractivity contribution in [3.63, 3.8) is 0 Å². The first kappa shape index (κ1) is 27.7. The van der Waals surface area contributed by atoms with Crippen LogP contribution in [0.4, 0.5) is 0 Å². The van der Waals surface area contributed by atoms with E-state index in [2.05, 4.69) is 47.6 Å². The maximum atomic E-state index is 12.2. The number of rotatable bonds is 9. The zero-order valence-electron chi connectivity index (χ0n) is 23.9. The molecular formula is C32H52O4. The van der Waals surface area contributed by atoms with E-state index in [-0.39, 0.29) is 30.3 Å². The van der Waals surface area contributed by atoms with Crippen molar-refractivity contribution in [2.24, 2.45) is 45.8 Å². The van der Waals surface area contributed by atoms with Crippen molar-refractivity contribution in [1.82, 2.24) is 0 Å². The lowest BCUT2D eigenvalue weighted by atomic mass is 9.44. The Morgan fingerprint density at radius 1 is 1.00 bits per heavy atom.